The van der Waals surface area contributed by atoms with E-state index in [1.165, 1.54) is 7.11 Å². The van der Waals surface area contributed by atoms with E-state index < -0.39 is 12.1 Å². The summed E-state index contributed by atoms with van der Waals surface area (Å²) in [6, 6.07) is 7.30. The van der Waals surface area contributed by atoms with Crippen molar-refractivity contribution in [1.82, 2.24) is 5.32 Å². The Hall–Kier alpha value is -1.59. The fourth-order valence-electron chi connectivity index (χ4n) is 1.75. The van der Waals surface area contributed by atoms with Crippen molar-refractivity contribution >= 4 is 23.5 Å². The Morgan fingerprint density at radius 3 is 2.70 bits per heavy atom. The third-order valence-electron chi connectivity index (χ3n) is 2.90. The zero-order chi connectivity index (χ0) is 15.1. The van der Waals surface area contributed by atoms with Gasteiger partial charge in [0.1, 0.15) is 0 Å². The number of ether oxygens (including phenoxy) is 1. The molecule has 1 amide bonds. The minimum atomic E-state index is -1.10. The predicted octanol–water partition coefficient (Wildman–Crippen LogP) is 1.73. The van der Waals surface area contributed by atoms with Crippen molar-refractivity contribution in [2.24, 2.45) is 5.92 Å². The summed E-state index contributed by atoms with van der Waals surface area (Å²) in [5.41, 5.74) is 0.960. The average molecular weight is 300 g/mol. The number of carboxylic acids is 1. The largest absolute Gasteiger partial charge is 0.479 e. The second-order valence-corrected chi connectivity index (χ2v) is 4.98. The lowest BCUT2D eigenvalue weighted by atomic mass is 10.0. The van der Waals surface area contributed by atoms with Gasteiger partial charge in [0.05, 0.1) is 6.54 Å². The Kier molecular flexibility index (Phi) is 6.48. The van der Waals surface area contributed by atoms with Crippen LogP contribution in [-0.2, 0) is 20.7 Å². The van der Waals surface area contributed by atoms with E-state index in [0.717, 1.165) is 5.56 Å². The summed E-state index contributed by atoms with van der Waals surface area (Å²) in [5.74, 6) is -1.59. The minimum Gasteiger partial charge on any atom is -0.479 e. The number of carbonyl (C=O) groups is 2. The topological polar surface area (TPSA) is 75.6 Å². The van der Waals surface area contributed by atoms with Gasteiger partial charge in [-0.1, -0.05) is 30.7 Å². The number of amides is 1. The lowest BCUT2D eigenvalue weighted by Crippen LogP contribution is -2.40. The molecule has 0 aromatic heterocycles. The molecule has 0 heterocycles. The number of nitrogens with one attached hydrogen (secondary N) is 1. The first-order valence-electron chi connectivity index (χ1n) is 6.21. The molecule has 20 heavy (non-hydrogen) atoms. The highest BCUT2D eigenvalue weighted by Gasteiger charge is 2.19. The van der Waals surface area contributed by atoms with E-state index in [4.69, 9.17) is 21.4 Å². The van der Waals surface area contributed by atoms with Crippen LogP contribution in [0.5, 0.6) is 0 Å². The minimum absolute atomic E-state index is 0.0510. The van der Waals surface area contributed by atoms with Crippen molar-refractivity contribution in [3.05, 3.63) is 34.9 Å². The van der Waals surface area contributed by atoms with Crippen molar-refractivity contribution in [2.75, 3.05) is 13.7 Å². The number of rotatable bonds is 7. The fraction of sp³-hybridized carbons (Fsp3) is 0.429. The summed E-state index contributed by atoms with van der Waals surface area (Å²) in [6.07, 6.45) is -0.491. The van der Waals surface area contributed by atoms with E-state index in [2.05, 4.69) is 5.32 Å². The number of methoxy groups -OCH3 is 1. The Balaban J connectivity index is 2.49. The first-order valence-corrected chi connectivity index (χ1v) is 6.59. The van der Waals surface area contributed by atoms with Gasteiger partial charge in [0.2, 0.25) is 5.91 Å². The molecule has 0 saturated heterocycles. The van der Waals surface area contributed by atoms with E-state index in [1.807, 2.05) is 12.1 Å². The van der Waals surface area contributed by atoms with Gasteiger partial charge in [0.15, 0.2) is 6.10 Å². The van der Waals surface area contributed by atoms with E-state index in [9.17, 15) is 9.59 Å². The highest BCUT2D eigenvalue weighted by molar-refractivity contribution is 6.30. The molecule has 5 nitrogen and oxygen atoms in total. The molecule has 2 N–H and O–H groups in total. The van der Waals surface area contributed by atoms with Gasteiger partial charge in [-0.05, 0) is 24.1 Å². The quantitative estimate of drug-likeness (QED) is 0.804. The summed E-state index contributed by atoms with van der Waals surface area (Å²) in [6.45, 7) is 1.73. The smallest absolute Gasteiger partial charge is 0.334 e. The van der Waals surface area contributed by atoms with Crippen molar-refractivity contribution in [3.8, 4) is 0 Å². The first kappa shape index (κ1) is 16.5. The normalized spacial score (nSPS) is 13.6. The number of benzene rings is 1. The lowest BCUT2D eigenvalue weighted by molar-refractivity contribution is -0.148. The van der Waals surface area contributed by atoms with Crippen LogP contribution in [0.2, 0.25) is 5.02 Å². The maximum atomic E-state index is 11.9. The summed E-state index contributed by atoms with van der Waals surface area (Å²) < 4.78 is 4.74. The maximum Gasteiger partial charge on any atom is 0.334 e. The van der Waals surface area contributed by atoms with Crippen LogP contribution in [0.4, 0.5) is 0 Å². The molecule has 1 rings (SSSR count). The van der Waals surface area contributed by atoms with Crippen molar-refractivity contribution in [1.29, 1.82) is 0 Å². The van der Waals surface area contributed by atoms with E-state index in [1.54, 1.807) is 19.1 Å². The SMILES string of the molecule is COC(CNC(=O)C(C)Cc1cccc(Cl)c1)C(=O)O. The molecule has 0 spiro atoms. The summed E-state index contributed by atoms with van der Waals surface area (Å²) >= 11 is 5.88. The van der Waals surface area contributed by atoms with Gasteiger partial charge >= 0.3 is 5.97 Å². The van der Waals surface area contributed by atoms with Gasteiger partial charge in [0, 0.05) is 18.1 Å². The summed E-state index contributed by atoms with van der Waals surface area (Å²) in [7, 11) is 1.29. The van der Waals surface area contributed by atoms with Gasteiger partial charge in [0.25, 0.3) is 0 Å². The lowest BCUT2D eigenvalue weighted by Gasteiger charge is -2.15. The molecule has 2 unspecified atom stereocenters. The second kappa shape index (κ2) is 7.87. The molecular weight excluding hydrogens is 282 g/mol. The molecule has 2 atom stereocenters. The third-order valence-corrected chi connectivity index (χ3v) is 3.14. The molecule has 1 aromatic carbocycles. The zero-order valence-electron chi connectivity index (χ0n) is 11.4. The molecule has 1 aromatic rings. The molecule has 0 bridgehead atoms. The van der Waals surface area contributed by atoms with E-state index >= 15 is 0 Å². The number of carbonyl (C=O) groups excluding carboxylic acids is 1. The van der Waals surface area contributed by atoms with Crippen molar-refractivity contribution < 1.29 is 19.4 Å². The number of aliphatic carboxylic acids is 1. The number of hydrogen-bond acceptors (Lipinski definition) is 3. The van der Waals surface area contributed by atoms with Crippen LogP contribution in [0, 0.1) is 5.92 Å². The molecule has 0 saturated carbocycles. The van der Waals surface area contributed by atoms with Gasteiger partial charge in [-0.25, -0.2) is 4.79 Å². The summed E-state index contributed by atoms with van der Waals surface area (Å²) in [4.78, 5) is 22.6. The van der Waals surface area contributed by atoms with Gasteiger partial charge in [-0.3, -0.25) is 4.79 Å². The van der Waals surface area contributed by atoms with Gasteiger partial charge < -0.3 is 15.2 Å². The predicted molar refractivity (Wildman–Crippen MR) is 75.8 cm³/mol. The fourth-order valence-corrected chi connectivity index (χ4v) is 1.96. The molecule has 0 aliphatic carbocycles. The van der Waals surface area contributed by atoms with Crippen LogP contribution in [-0.4, -0.2) is 36.7 Å². The molecule has 0 aliphatic heterocycles. The highest BCUT2D eigenvalue weighted by atomic mass is 35.5. The van der Waals surface area contributed by atoms with Crippen LogP contribution in [0.15, 0.2) is 24.3 Å². The molecule has 6 heteroatoms. The van der Waals surface area contributed by atoms with Gasteiger partial charge in [-0.15, -0.1) is 0 Å². The van der Waals surface area contributed by atoms with Crippen LogP contribution in [0.1, 0.15) is 12.5 Å². The zero-order valence-corrected chi connectivity index (χ0v) is 12.2. The third kappa shape index (κ3) is 5.19. The van der Waals surface area contributed by atoms with E-state index in [-0.39, 0.29) is 18.4 Å². The Morgan fingerprint density at radius 2 is 2.15 bits per heavy atom. The average Bonchev–Trinajstić information content (AvgIpc) is 2.38. The van der Waals surface area contributed by atoms with E-state index in [0.29, 0.717) is 11.4 Å². The van der Waals surface area contributed by atoms with Crippen LogP contribution < -0.4 is 5.32 Å². The van der Waals surface area contributed by atoms with Crippen molar-refractivity contribution in [2.45, 2.75) is 19.4 Å². The molecule has 0 fully saturated rings. The molecule has 0 radical (unpaired) electrons. The number of halogens is 1. The monoisotopic (exact) mass is 299 g/mol. The van der Waals surface area contributed by atoms with Crippen LogP contribution >= 0.6 is 11.6 Å². The van der Waals surface area contributed by atoms with Crippen LogP contribution in [0.3, 0.4) is 0 Å². The highest BCUT2D eigenvalue weighted by Crippen LogP contribution is 2.14. The Bertz CT molecular complexity index is 478. The Labute approximate surface area is 122 Å². The van der Waals surface area contributed by atoms with Gasteiger partial charge in [-0.2, -0.15) is 0 Å². The maximum absolute atomic E-state index is 11.9. The molecule has 110 valence electrons. The Morgan fingerprint density at radius 1 is 1.45 bits per heavy atom. The second-order valence-electron chi connectivity index (χ2n) is 4.54. The van der Waals surface area contributed by atoms with Crippen molar-refractivity contribution in [3.63, 3.8) is 0 Å². The molecular formula is C14H18ClNO4. The summed E-state index contributed by atoms with van der Waals surface area (Å²) in [5, 5.41) is 12.0. The number of carboxylic acid groups (broad SMARTS) is 1. The first-order chi connectivity index (χ1) is 9.43. The van der Waals surface area contributed by atoms with Crippen LogP contribution in [0.25, 0.3) is 0 Å². The molecule has 0 aliphatic rings. The standard InChI is InChI=1S/C14H18ClNO4/c1-9(6-10-4-3-5-11(15)7-10)13(17)16-8-12(20-2)14(18)19/h3-5,7,9,12H,6,8H2,1-2H3,(H,16,17)(H,18,19). The number of hydrogen-bond donors (Lipinski definition) is 2.